The van der Waals surface area contributed by atoms with E-state index in [1.165, 1.54) is 50.5 Å². The van der Waals surface area contributed by atoms with Crippen molar-refractivity contribution in [2.24, 2.45) is 5.73 Å². The molecule has 0 aliphatic carbocycles. The van der Waals surface area contributed by atoms with Crippen LogP contribution in [-0.2, 0) is 0 Å². The summed E-state index contributed by atoms with van der Waals surface area (Å²) >= 11 is 0. The molecule has 2 N–H and O–H groups in total. The predicted octanol–water partition coefficient (Wildman–Crippen LogP) is 4.83. The van der Waals surface area contributed by atoms with Gasteiger partial charge in [-0.15, -0.1) is 0 Å². The lowest BCUT2D eigenvalue weighted by molar-refractivity contribution is 0.541. The average molecular weight is 233 g/mol. The monoisotopic (exact) mass is 233 g/mol. The van der Waals surface area contributed by atoms with Crippen molar-refractivity contribution >= 4 is 0 Å². The van der Waals surface area contributed by atoms with Gasteiger partial charge in [0, 0.05) is 6.04 Å². The molecule has 96 valence electrons. The fraction of sp³-hybridized carbons (Fsp3) is 0.625. The van der Waals surface area contributed by atoms with Gasteiger partial charge < -0.3 is 5.73 Å². The second kappa shape index (κ2) is 9.23. The summed E-state index contributed by atoms with van der Waals surface area (Å²) in [5, 5.41) is 0. The third-order valence-electron chi connectivity index (χ3n) is 3.35. The average Bonchev–Trinajstić information content (AvgIpc) is 2.38. The van der Waals surface area contributed by atoms with Gasteiger partial charge in [-0.1, -0.05) is 82.2 Å². The maximum atomic E-state index is 6.16. The van der Waals surface area contributed by atoms with Crippen LogP contribution in [0, 0.1) is 0 Å². The van der Waals surface area contributed by atoms with Crippen molar-refractivity contribution in [2.45, 2.75) is 64.3 Å². The number of benzene rings is 1. The zero-order valence-corrected chi connectivity index (χ0v) is 11.2. The van der Waals surface area contributed by atoms with Crippen molar-refractivity contribution in [3.63, 3.8) is 0 Å². The SMILES string of the molecule is CCCCCCCCCC(N)c1ccccc1. The molecule has 0 aliphatic rings. The molecule has 1 unspecified atom stereocenters. The highest BCUT2D eigenvalue weighted by Crippen LogP contribution is 2.17. The number of hydrogen-bond acceptors (Lipinski definition) is 1. The molecule has 0 saturated heterocycles. The van der Waals surface area contributed by atoms with Crippen LogP contribution >= 0.6 is 0 Å². The van der Waals surface area contributed by atoms with Gasteiger partial charge in [0.25, 0.3) is 0 Å². The normalized spacial score (nSPS) is 12.6. The van der Waals surface area contributed by atoms with Crippen LogP contribution in [0.2, 0.25) is 0 Å². The van der Waals surface area contributed by atoms with Gasteiger partial charge in [0.15, 0.2) is 0 Å². The van der Waals surface area contributed by atoms with Gasteiger partial charge in [0.05, 0.1) is 0 Å². The Kier molecular flexibility index (Phi) is 7.74. The highest BCUT2D eigenvalue weighted by molar-refractivity contribution is 5.18. The predicted molar refractivity (Wildman–Crippen MR) is 76.0 cm³/mol. The molecule has 0 amide bonds. The number of nitrogens with two attached hydrogens (primary N) is 1. The van der Waals surface area contributed by atoms with Crippen molar-refractivity contribution < 1.29 is 0 Å². The lowest BCUT2D eigenvalue weighted by Gasteiger charge is -2.11. The molecule has 1 heteroatoms. The molecule has 0 aromatic heterocycles. The highest BCUT2D eigenvalue weighted by Gasteiger charge is 2.04. The Bertz CT molecular complexity index is 268. The molecule has 0 heterocycles. The van der Waals surface area contributed by atoms with Gasteiger partial charge in [0.2, 0.25) is 0 Å². The van der Waals surface area contributed by atoms with E-state index < -0.39 is 0 Å². The molecule has 1 nitrogen and oxygen atoms in total. The Morgan fingerprint density at radius 2 is 1.47 bits per heavy atom. The van der Waals surface area contributed by atoms with Crippen LogP contribution < -0.4 is 5.73 Å². The summed E-state index contributed by atoms with van der Waals surface area (Å²) in [6, 6.07) is 10.7. The molecule has 17 heavy (non-hydrogen) atoms. The Labute approximate surface area is 106 Å². The van der Waals surface area contributed by atoms with Crippen molar-refractivity contribution in [3.05, 3.63) is 35.9 Å². The van der Waals surface area contributed by atoms with Gasteiger partial charge in [-0.05, 0) is 12.0 Å². The molecule has 1 atom stereocenters. The van der Waals surface area contributed by atoms with E-state index in [9.17, 15) is 0 Å². The minimum absolute atomic E-state index is 0.229. The molecule has 0 aliphatic heterocycles. The zero-order valence-electron chi connectivity index (χ0n) is 11.2. The number of unbranched alkanes of at least 4 members (excludes halogenated alkanes) is 6. The van der Waals surface area contributed by atoms with Gasteiger partial charge in [-0.25, -0.2) is 0 Å². The largest absolute Gasteiger partial charge is 0.324 e. The maximum Gasteiger partial charge on any atom is 0.0294 e. The molecule has 0 bridgehead atoms. The molecule has 0 spiro atoms. The topological polar surface area (TPSA) is 26.0 Å². The Morgan fingerprint density at radius 3 is 2.12 bits per heavy atom. The van der Waals surface area contributed by atoms with Crippen LogP contribution in [0.3, 0.4) is 0 Å². The summed E-state index contributed by atoms with van der Waals surface area (Å²) in [4.78, 5) is 0. The lowest BCUT2D eigenvalue weighted by Crippen LogP contribution is -2.09. The van der Waals surface area contributed by atoms with E-state index >= 15 is 0 Å². The summed E-state index contributed by atoms with van der Waals surface area (Å²) in [6.07, 6.45) is 10.6. The van der Waals surface area contributed by atoms with Crippen LogP contribution in [0.5, 0.6) is 0 Å². The smallest absolute Gasteiger partial charge is 0.0294 e. The van der Waals surface area contributed by atoms with Gasteiger partial charge in [-0.3, -0.25) is 0 Å². The van der Waals surface area contributed by atoms with E-state index in [2.05, 4.69) is 31.2 Å². The van der Waals surface area contributed by atoms with E-state index in [1.54, 1.807) is 0 Å². The lowest BCUT2D eigenvalue weighted by atomic mass is 10.0. The fourth-order valence-electron chi connectivity index (χ4n) is 2.19. The van der Waals surface area contributed by atoms with Gasteiger partial charge >= 0.3 is 0 Å². The Hall–Kier alpha value is -0.820. The quantitative estimate of drug-likeness (QED) is 0.608. The van der Waals surface area contributed by atoms with Crippen molar-refractivity contribution in [1.82, 2.24) is 0 Å². The standard InChI is InChI=1S/C16H27N/c1-2-3-4-5-6-7-11-14-16(17)15-12-9-8-10-13-15/h8-10,12-13,16H,2-7,11,14,17H2,1H3. The van der Waals surface area contributed by atoms with Crippen LogP contribution in [0.1, 0.15) is 69.9 Å². The van der Waals surface area contributed by atoms with E-state index in [1.807, 2.05) is 6.07 Å². The minimum Gasteiger partial charge on any atom is -0.324 e. The number of rotatable bonds is 9. The molecule has 1 rings (SSSR count). The third-order valence-corrected chi connectivity index (χ3v) is 3.35. The number of hydrogen-bond donors (Lipinski definition) is 1. The van der Waals surface area contributed by atoms with E-state index in [-0.39, 0.29) is 6.04 Å². The molecular weight excluding hydrogens is 206 g/mol. The van der Waals surface area contributed by atoms with E-state index in [0.717, 1.165) is 6.42 Å². The zero-order chi connectivity index (χ0) is 12.3. The second-order valence-electron chi connectivity index (χ2n) is 4.93. The van der Waals surface area contributed by atoms with Gasteiger partial charge in [-0.2, -0.15) is 0 Å². The van der Waals surface area contributed by atoms with Crippen LogP contribution in [0.4, 0.5) is 0 Å². The van der Waals surface area contributed by atoms with Crippen molar-refractivity contribution in [3.8, 4) is 0 Å². The maximum absolute atomic E-state index is 6.16. The summed E-state index contributed by atoms with van der Waals surface area (Å²) in [6.45, 7) is 2.26. The minimum atomic E-state index is 0.229. The summed E-state index contributed by atoms with van der Waals surface area (Å²) < 4.78 is 0. The van der Waals surface area contributed by atoms with Crippen LogP contribution in [0.25, 0.3) is 0 Å². The first-order valence-electron chi connectivity index (χ1n) is 7.15. The van der Waals surface area contributed by atoms with Crippen molar-refractivity contribution in [1.29, 1.82) is 0 Å². The molecule has 0 fully saturated rings. The molecule has 1 aromatic rings. The Balaban J connectivity index is 2.03. The first-order valence-corrected chi connectivity index (χ1v) is 7.15. The van der Waals surface area contributed by atoms with Crippen molar-refractivity contribution in [2.75, 3.05) is 0 Å². The summed E-state index contributed by atoms with van der Waals surface area (Å²) in [7, 11) is 0. The first kappa shape index (κ1) is 14.2. The third kappa shape index (κ3) is 6.48. The summed E-state index contributed by atoms with van der Waals surface area (Å²) in [5.74, 6) is 0. The molecular formula is C16H27N. The van der Waals surface area contributed by atoms with Crippen LogP contribution in [-0.4, -0.2) is 0 Å². The molecule has 1 aromatic carbocycles. The molecule has 0 saturated carbocycles. The summed E-state index contributed by atoms with van der Waals surface area (Å²) in [5.41, 5.74) is 7.43. The Morgan fingerprint density at radius 1 is 0.882 bits per heavy atom. The second-order valence-corrected chi connectivity index (χ2v) is 4.93. The highest BCUT2D eigenvalue weighted by atomic mass is 14.6. The van der Waals surface area contributed by atoms with E-state index in [4.69, 9.17) is 5.73 Å². The van der Waals surface area contributed by atoms with Gasteiger partial charge in [0.1, 0.15) is 0 Å². The van der Waals surface area contributed by atoms with E-state index in [0.29, 0.717) is 0 Å². The first-order chi connectivity index (χ1) is 8.34. The fourth-order valence-corrected chi connectivity index (χ4v) is 2.19. The van der Waals surface area contributed by atoms with Crippen LogP contribution in [0.15, 0.2) is 30.3 Å². The molecule has 0 radical (unpaired) electrons.